The highest BCUT2D eigenvalue weighted by atomic mass is 35.5. The number of hydrogen-bond donors (Lipinski definition) is 2. The fourth-order valence-corrected chi connectivity index (χ4v) is 2.91. The van der Waals surface area contributed by atoms with E-state index in [0.29, 0.717) is 17.5 Å². The van der Waals surface area contributed by atoms with E-state index < -0.39 is 6.09 Å². The number of carbonyl (C=O) groups excluding carboxylic acids is 1. The second-order valence-electron chi connectivity index (χ2n) is 5.34. The number of nitrogens with one attached hydrogen (secondary N) is 2. The Labute approximate surface area is 136 Å². The molecule has 0 bridgehead atoms. The van der Waals surface area contributed by atoms with Crippen LogP contribution in [-0.2, 0) is 9.47 Å². The van der Waals surface area contributed by atoms with Gasteiger partial charge in [-0.3, -0.25) is 0 Å². The van der Waals surface area contributed by atoms with E-state index in [0.717, 1.165) is 31.5 Å². The molecule has 0 saturated carbocycles. The van der Waals surface area contributed by atoms with Crippen molar-refractivity contribution in [2.75, 3.05) is 33.4 Å². The quantitative estimate of drug-likeness (QED) is 0.789. The first-order valence-electron chi connectivity index (χ1n) is 7.63. The number of rotatable bonds is 6. The minimum atomic E-state index is -0.442. The Kier molecular flexibility index (Phi) is 6.96. The van der Waals surface area contributed by atoms with E-state index in [4.69, 9.17) is 21.1 Å². The molecule has 22 heavy (non-hydrogen) atoms. The van der Waals surface area contributed by atoms with Gasteiger partial charge in [-0.15, -0.1) is 0 Å². The molecule has 0 spiro atoms. The third kappa shape index (κ3) is 5.16. The summed E-state index contributed by atoms with van der Waals surface area (Å²) < 4.78 is 11.0. The largest absolute Gasteiger partial charge is 0.447 e. The molecule has 1 fully saturated rings. The second-order valence-corrected chi connectivity index (χ2v) is 5.78. The summed E-state index contributed by atoms with van der Waals surface area (Å²) in [6, 6.07) is 7.77. The van der Waals surface area contributed by atoms with Gasteiger partial charge in [-0.05, 0) is 37.1 Å². The first-order chi connectivity index (χ1) is 10.7. The van der Waals surface area contributed by atoms with Crippen LogP contribution in [0.5, 0.6) is 0 Å². The van der Waals surface area contributed by atoms with Crippen LogP contribution < -0.4 is 10.6 Å². The number of amides is 1. The standard InChI is InChI=1S/C16H23ClN2O3/c1-18-16(20)22-9-8-21-15(13-5-3-7-19-11-13)12-4-2-6-14(17)10-12/h2,4,6,10,13,15,19H,3,5,7-9,11H2,1H3,(H,18,20). The predicted molar refractivity (Wildman–Crippen MR) is 86.1 cm³/mol. The molecule has 1 amide bonds. The van der Waals surface area contributed by atoms with Gasteiger partial charge in [0.05, 0.1) is 12.7 Å². The summed E-state index contributed by atoms with van der Waals surface area (Å²) in [5.74, 6) is 0.396. The number of hydrogen-bond acceptors (Lipinski definition) is 4. The molecule has 1 heterocycles. The van der Waals surface area contributed by atoms with Crippen LogP contribution in [0.1, 0.15) is 24.5 Å². The first kappa shape index (κ1) is 17.1. The molecule has 122 valence electrons. The SMILES string of the molecule is CNC(=O)OCCOC(c1cccc(Cl)c1)C1CCCNC1. The molecule has 1 aliphatic heterocycles. The molecule has 0 radical (unpaired) electrons. The monoisotopic (exact) mass is 326 g/mol. The molecule has 2 unspecified atom stereocenters. The van der Waals surface area contributed by atoms with E-state index >= 15 is 0 Å². The van der Waals surface area contributed by atoms with Crippen LogP contribution in [0.3, 0.4) is 0 Å². The van der Waals surface area contributed by atoms with Gasteiger partial charge in [-0.2, -0.15) is 0 Å². The van der Waals surface area contributed by atoms with Gasteiger partial charge in [0.1, 0.15) is 6.61 Å². The Balaban J connectivity index is 1.97. The molecule has 1 aromatic carbocycles. The van der Waals surface area contributed by atoms with Crippen LogP contribution in [0.2, 0.25) is 5.02 Å². The number of carbonyl (C=O) groups is 1. The van der Waals surface area contributed by atoms with Crippen LogP contribution in [0.4, 0.5) is 4.79 Å². The third-order valence-electron chi connectivity index (χ3n) is 3.76. The Hall–Kier alpha value is -1.30. The molecule has 5 nitrogen and oxygen atoms in total. The molecular formula is C16H23ClN2O3. The van der Waals surface area contributed by atoms with Gasteiger partial charge in [-0.25, -0.2) is 4.79 Å². The molecule has 0 aliphatic carbocycles. The van der Waals surface area contributed by atoms with Gasteiger partial charge >= 0.3 is 6.09 Å². The van der Waals surface area contributed by atoms with Crippen molar-refractivity contribution in [3.63, 3.8) is 0 Å². The lowest BCUT2D eigenvalue weighted by molar-refractivity contribution is -0.0162. The van der Waals surface area contributed by atoms with Crippen molar-refractivity contribution in [3.05, 3.63) is 34.9 Å². The van der Waals surface area contributed by atoms with Gasteiger partial charge in [0.2, 0.25) is 0 Å². The summed E-state index contributed by atoms with van der Waals surface area (Å²) in [4.78, 5) is 11.1. The zero-order chi connectivity index (χ0) is 15.8. The minimum Gasteiger partial charge on any atom is -0.447 e. The van der Waals surface area contributed by atoms with Crippen LogP contribution in [0.25, 0.3) is 0 Å². The molecule has 1 saturated heterocycles. The van der Waals surface area contributed by atoms with Gasteiger partial charge in [0.15, 0.2) is 0 Å². The van der Waals surface area contributed by atoms with E-state index in [1.807, 2.05) is 24.3 Å². The first-order valence-corrected chi connectivity index (χ1v) is 8.01. The van der Waals surface area contributed by atoms with E-state index in [9.17, 15) is 4.79 Å². The summed E-state index contributed by atoms with van der Waals surface area (Å²) in [6.07, 6.45) is 1.77. The molecule has 1 aromatic rings. The van der Waals surface area contributed by atoms with E-state index in [1.54, 1.807) is 0 Å². The van der Waals surface area contributed by atoms with E-state index in [-0.39, 0.29) is 12.7 Å². The maximum absolute atomic E-state index is 11.1. The van der Waals surface area contributed by atoms with Crippen molar-refractivity contribution in [3.8, 4) is 0 Å². The van der Waals surface area contributed by atoms with Gasteiger partial charge in [-0.1, -0.05) is 23.7 Å². The van der Waals surface area contributed by atoms with Crippen molar-refractivity contribution in [2.24, 2.45) is 5.92 Å². The smallest absolute Gasteiger partial charge is 0.406 e. The highest BCUT2D eigenvalue weighted by molar-refractivity contribution is 6.30. The van der Waals surface area contributed by atoms with Crippen molar-refractivity contribution >= 4 is 17.7 Å². The Morgan fingerprint density at radius 1 is 1.50 bits per heavy atom. The lowest BCUT2D eigenvalue weighted by Crippen LogP contribution is -2.34. The summed E-state index contributed by atoms with van der Waals surface area (Å²) >= 11 is 6.10. The topological polar surface area (TPSA) is 59.6 Å². The predicted octanol–water partition coefficient (Wildman–Crippen LogP) is 2.75. The van der Waals surface area contributed by atoms with Gasteiger partial charge in [0.25, 0.3) is 0 Å². The fraction of sp³-hybridized carbons (Fsp3) is 0.562. The van der Waals surface area contributed by atoms with Crippen LogP contribution in [0, 0.1) is 5.92 Å². The fourth-order valence-electron chi connectivity index (χ4n) is 2.71. The van der Waals surface area contributed by atoms with Crippen molar-refractivity contribution in [2.45, 2.75) is 18.9 Å². The summed E-state index contributed by atoms with van der Waals surface area (Å²) in [6.45, 7) is 2.57. The molecule has 6 heteroatoms. The lowest BCUT2D eigenvalue weighted by atomic mass is 9.89. The van der Waals surface area contributed by atoms with E-state index in [1.165, 1.54) is 7.05 Å². The average molecular weight is 327 g/mol. The summed E-state index contributed by atoms with van der Waals surface area (Å²) in [5, 5.41) is 6.53. The van der Waals surface area contributed by atoms with Gasteiger partial charge in [0, 0.05) is 24.5 Å². The molecule has 2 N–H and O–H groups in total. The van der Waals surface area contributed by atoms with Gasteiger partial charge < -0.3 is 20.1 Å². The number of ether oxygens (including phenoxy) is 2. The zero-order valence-electron chi connectivity index (χ0n) is 12.8. The highest BCUT2D eigenvalue weighted by Crippen LogP contribution is 2.31. The Bertz CT molecular complexity index is 478. The second kappa shape index (κ2) is 8.98. The average Bonchev–Trinajstić information content (AvgIpc) is 2.55. The Morgan fingerprint density at radius 3 is 3.05 bits per heavy atom. The third-order valence-corrected chi connectivity index (χ3v) is 3.99. The van der Waals surface area contributed by atoms with E-state index in [2.05, 4.69) is 10.6 Å². The summed E-state index contributed by atoms with van der Waals surface area (Å²) in [5.41, 5.74) is 1.07. The molecule has 2 rings (SSSR count). The van der Waals surface area contributed by atoms with Crippen molar-refractivity contribution in [1.29, 1.82) is 0 Å². The minimum absolute atomic E-state index is 0.0419. The number of halogens is 1. The van der Waals surface area contributed by atoms with Crippen LogP contribution in [-0.4, -0.2) is 39.4 Å². The van der Waals surface area contributed by atoms with Crippen LogP contribution >= 0.6 is 11.6 Å². The summed E-state index contributed by atoms with van der Waals surface area (Å²) in [7, 11) is 1.53. The van der Waals surface area contributed by atoms with Crippen molar-refractivity contribution < 1.29 is 14.3 Å². The molecule has 1 aliphatic rings. The maximum atomic E-state index is 11.1. The number of alkyl carbamates (subject to hydrolysis) is 1. The molecule has 2 atom stereocenters. The number of piperidine rings is 1. The van der Waals surface area contributed by atoms with Crippen LogP contribution in [0.15, 0.2) is 24.3 Å². The lowest BCUT2D eigenvalue weighted by Gasteiger charge is -2.31. The molecule has 0 aromatic heterocycles. The normalized spacial score (nSPS) is 19.5. The number of benzene rings is 1. The zero-order valence-corrected chi connectivity index (χ0v) is 13.6. The highest BCUT2D eigenvalue weighted by Gasteiger charge is 2.26. The molecular weight excluding hydrogens is 304 g/mol. The Morgan fingerprint density at radius 2 is 2.36 bits per heavy atom. The maximum Gasteiger partial charge on any atom is 0.406 e. The van der Waals surface area contributed by atoms with Crippen molar-refractivity contribution in [1.82, 2.24) is 10.6 Å².